The van der Waals surface area contributed by atoms with Gasteiger partial charge in [0, 0.05) is 38.3 Å². The van der Waals surface area contributed by atoms with Crippen molar-refractivity contribution in [3.8, 4) is 0 Å². The van der Waals surface area contributed by atoms with Crippen LogP contribution < -0.4 is 5.32 Å². The largest absolute Gasteiger partial charge is 0.352 e. The van der Waals surface area contributed by atoms with Crippen LogP contribution in [0.4, 0.5) is 8.78 Å². The number of carbonyl (C=O) groups is 3. The molecule has 3 rings (SSSR count). The molecule has 1 fully saturated rings. The average Bonchev–Trinajstić information content (AvgIpc) is 2.75. The van der Waals surface area contributed by atoms with E-state index in [1.807, 2.05) is 31.2 Å². The van der Waals surface area contributed by atoms with Crippen molar-refractivity contribution in [2.45, 2.75) is 26.9 Å². The Balaban J connectivity index is 1.52. The Hall–Kier alpha value is -3.29. The van der Waals surface area contributed by atoms with E-state index in [2.05, 4.69) is 5.32 Å². The number of hydrogen-bond acceptors (Lipinski definition) is 3. The maximum Gasteiger partial charge on any atom is 0.312 e. The first kappa shape index (κ1) is 22.4. The molecular formula is C23H25F2N3O3. The standard InChI is InChI=1S/C23H25F2N3O3/c1-15-3-5-17(6-4-15)14-28-10-9-27(22(30)23(28)31)13-16(2)21(29)26-12-18-11-19(24)7-8-20(18)25/h3-8,11,16H,9-10,12-14H2,1-2H3,(H,26,29)/t16-/m0/s1. The lowest BCUT2D eigenvalue weighted by atomic mass is 10.1. The van der Waals surface area contributed by atoms with Crippen LogP contribution in [0.2, 0.25) is 0 Å². The predicted octanol–water partition coefficient (Wildman–Crippen LogP) is 2.40. The number of amides is 3. The Morgan fingerprint density at radius 1 is 1.03 bits per heavy atom. The predicted molar refractivity (Wildman–Crippen MR) is 111 cm³/mol. The molecule has 0 aromatic heterocycles. The number of carbonyl (C=O) groups excluding carboxylic acids is 3. The van der Waals surface area contributed by atoms with Gasteiger partial charge in [-0.15, -0.1) is 0 Å². The number of nitrogens with zero attached hydrogens (tertiary/aromatic N) is 2. The molecule has 0 bridgehead atoms. The van der Waals surface area contributed by atoms with Gasteiger partial charge in [-0.2, -0.15) is 0 Å². The van der Waals surface area contributed by atoms with Gasteiger partial charge >= 0.3 is 11.8 Å². The van der Waals surface area contributed by atoms with Crippen molar-refractivity contribution in [3.05, 3.63) is 70.8 Å². The van der Waals surface area contributed by atoms with Crippen LogP contribution in [-0.4, -0.2) is 47.2 Å². The molecule has 6 nitrogen and oxygen atoms in total. The van der Waals surface area contributed by atoms with E-state index in [9.17, 15) is 23.2 Å². The molecule has 1 N–H and O–H groups in total. The summed E-state index contributed by atoms with van der Waals surface area (Å²) in [6.45, 7) is 4.56. The van der Waals surface area contributed by atoms with E-state index in [1.165, 1.54) is 9.80 Å². The second kappa shape index (κ2) is 9.68. The van der Waals surface area contributed by atoms with Crippen LogP contribution >= 0.6 is 0 Å². The normalized spacial score (nSPS) is 15.2. The third-order valence-corrected chi connectivity index (χ3v) is 5.29. The minimum absolute atomic E-state index is 0.0384. The highest BCUT2D eigenvalue weighted by atomic mass is 19.1. The number of aryl methyl sites for hydroxylation is 1. The zero-order valence-corrected chi connectivity index (χ0v) is 17.5. The first-order chi connectivity index (χ1) is 14.7. The van der Waals surface area contributed by atoms with Gasteiger partial charge in [0.05, 0.1) is 5.92 Å². The molecular weight excluding hydrogens is 404 g/mol. The number of rotatable bonds is 7. The lowest BCUT2D eigenvalue weighted by molar-refractivity contribution is -0.157. The molecule has 1 saturated heterocycles. The van der Waals surface area contributed by atoms with Crippen molar-refractivity contribution in [1.29, 1.82) is 0 Å². The van der Waals surface area contributed by atoms with Gasteiger partial charge in [0.15, 0.2) is 0 Å². The Morgan fingerprint density at radius 3 is 2.39 bits per heavy atom. The monoisotopic (exact) mass is 429 g/mol. The quantitative estimate of drug-likeness (QED) is 0.688. The SMILES string of the molecule is Cc1ccc(CN2CCN(C[C@H](C)C(=O)NCc3cc(F)ccc3F)C(=O)C2=O)cc1. The average molecular weight is 429 g/mol. The van der Waals surface area contributed by atoms with Crippen LogP contribution in [0.25, 0.3) is 0 Å². The molecule has 0 aliphatic carbocycles. The number of benzene rings is 2. The smallest absolute Gasteiger partial charge is 0.312 e. The fraction of sp³-hybridized carbons (Fsp3) is 0.348. The number of nitrogens with one attached hydrogen (secondary N) is 1. The first-order valence-electron chi connectivity index (χ1n) is 10.1. The zero-order valence-electron chi connectivity index (χ0n) is 17.5. The van der Waals surface area contributed by atoms with Crippen molar-refractivity contribution in [2.75, 3.05) is 19.6 Å². The second-order valence-electron chi connectivity index (χ2n) is 7.82. The van der Waals surface area contributed by atoms with E-state index in [0.717, 1.165) is 29.3 Å². The van der Waals surface area contributed by atoms with E-state index in [1.54, 1.807) is 6.92 Å². The van der Waals surface area contributed by atoms with Crippen molar-refractivity contribution >= 4 is 17.7 Å². The van der Waals surface area contributed by atoms with Crippen molar-refractivity contribution in [1.82, 2.24) is 15.1 Å². The minimum atomic E-state index is -0.644. The summed E-state index contributed by atoms with van der Waals surface area (Å²) in [6.07, 6.45) is 0. The van der Waals surface area contributed by atoms with Gasteiger partial charge in [-0.3, -0.25) is 14.4 Å². The summed E-state index contributed by atoms with van der Waals surface area (Å²) in [5.74, 6) is -3.47. The van der Waals surface area contributed by atoms with Crippen molar-refractivity contribution < 1.29 is 23.2 Å². The molecule has 8 heteroatoms. The Kier molecular flexibility index (Phi) is 6.99. The number of halogens is 2. The highest BCUT2D eigenvalue weighted by molar-refractivity contribution is 6.35. The van der Waals surface area contributed by atoms with Gasteiger partial charge in [-0.05, 0) is 30.7 Å². The Bertz CT molecular complexity index is 979. The van der Waals surface area contributed by atoms with Crippen LogP contribution in [0, 0.1) is 24.5 Å². The van der Waals surface area contributed by atoms with Crippen LogP contribution in [0.15, 0.2) is 42.5 Å². The summed E-state index contributed by atoms with van der Waals surface area (Å²) in [4.78, 5) is 40.2. The van der Waals surface area contributed by atoms with Crippen molar-refractivity contribution in [2.24, 2.45) is 5.92 Å². The fourth-order valence-electron chi connectivity index (χ4n) is 3.40. The second-order valence-corrected chi connectivity index (χ2v) is 7.82. The van der Waals surface area contributed by atoms with Gasteiger partial charge < -0.3 is 15.1 Å². The van der Waals surface area contributed by atoms with E-state index in [0.29, 0.717) is 19.6 Å². The summed E-state index contributed by atoms with van der Waals surface area (Å²) in [7, 11) is 0. The topological polar surface area (TPSA) is 69.7 Å². The van der Waals surface area contributed by atoms with Gasteiger partial charge in [0.1, 0.15) is 11.6 Å². The molecule has 2 aromatic rings. The van der Waals surface area contributed by atoms with E-state index in [-0.39, 0.29) is 18.7 Å². The summed E-state index contributed by atoms with van der Waals surface area (Å²) >= 11 is 0. The van der Waals surface area contributed by atoms with Gasteiger partial charge in [0.25, 0.3) is 0 Å². The van der Waals surface area contributed by atoms with Crippen LogP contribution in [0.1, 0.15) is 23.6 Å². The maximum atomic E-state index is 13.7. The molecule has 1 aliphatic heterocycles. The lowest BCUT2D eigenvalue weighted by Crippen LogP contribution is -2.55. The lowest BCUT2D eigenvalue weighted by Gasteiger charge is -2.34. The molecule has 0 saturated carbocycles. The minimum Gasteiger partial charge on any atom is -0.352 e. The first-order valence-corrected chi connectivity index (χ1v) is 10.1. The molecule has 1 atom stereocenters. The molecule has 0 spiro atoms. The van der Waals surface area contributed by atoms with E-state index < -0.39 is 35.3 Å². The summed E-state index contributed by atoms with van der Waals surface area (Å²) < 4.78 is 26.9. The van der Waals surface area contributed by atoms with Crippen LogP contribution in [0.5, 0.6) is 0 Å². The fourth-order valence-corrected chi connectivity index (χ4v) is 3.40. The van der Waals surface area contributed by atoms with E-state index in [4.69, 9.17) is 0 Å². The maximum absolute atomic E-state index is 13.7. The molecule has 1 heterocycles. The highest BCUT2D eigenvalue weighted by Crippen LogP contribution is 2.14. The third kappa shape index (κ3) is 5.65. The Labute approximate surface area is 179 Å². The molecule has 1 aliphatic rings. The van der Waals surface area contributed by atoms with Gasteiger partial charge in [-0.1, -0.05) is 36.8 Å². The summed E-state index contributed by atoms with van der Waals surface area (Å²) in [5.41, 5.74) is 2.09. The van der Waals surface area contributed by atoms with Crippen LogP contribution in [0.3, 0.4) is 0 Å². The third-order valence-electron chi connectivity index (χ3n) is 5.29. The van der Waals surface area contributed by atoms with Crippen LogP contribution in [-0.2, 0) is 27.5 Å². The van der Waals surface area contributed by atoms with E-state index >= 15 is 0 Å². The zero-order chi connectivity index (χ0) is 22.5. The summed E-state index contributed by atoms with van der Waals surface area (Å²) in [5, 5.41) is 2.55. The highest BCUT2D eigenvalue weighted by Gasteiger charge is 2.33. The molecule has 3 amide bonds. The van der Waals surface area contributed by atoms with Gasteiger partial charge in [-0.25, -0.2) is 8.78 Å². The molecule has 164 valence electrons. The molecule has 0 unspecified atom stereocenters. The number of hydrogen-bond donors (Lipinski definition) is 1. The molecule has 2 aromatic carbocycles. The molecule has 31 heavy (non-hydrogen) atoms. The molecule has 0 radical (unpaired) electrons. The van der Waals surface area contributed by atoms with Crippen molar-refractivity contribution in [3.63, 3.8) is 0 Å². The Morgan fingerprint density at radius 2 is 1.68 bits per heavy atom. The van der Waals surface area contributed by atoms with Gasteiger partial charge in [0.2, 0.25) is 5.91 Å². The number of piperazine rings is 1. The summed E-state index contributed by atoms with van der Waals surface area (Å²) in [6, 6.07) is 10.8.